The zero-order valence-corrected chi connectivity index (χ0v) is 18.8. The first kappa shape index (κ1) is 21.6. The molecule has 2 aromatic carbocycles. The number of hydrogen-bond donors (Lipinski definition) is 0. The van der Waals surface area contributed by atoms with Gasteiger partial charge in [-0.1, -0.05) is 30.3 Å². The second kappa shape index (κ2) is 9.67. The molecular weight excluding hydrogens is 388 g/mol. The van der Waals surface area contributed by atoms with E-state index in [2.05, 4.69) is 40.7 Å². The lowest BCUT2D eigenvalue weighted by Crippen LogP contribution is -2.35. The lowest BCUT2D eigenvalue weighted by molar-refractivity contribution is 0.0600. The van der Waals surface area contributed by atoms with Crippen LogP contribution in [0.2, 0.25) is 0 Å². The summed E-state index contributed by atoms with van der Waals surface area (Å²) in [6.45, 7) is 6.23. The summed E-state index contributed by atoms with van der Waals surface area (Å²) in [6, 6.07) is 17.0. The molecule has 0 saturated carbocycles. The van der Waals surface area contributed by atoms with E-state index in [1.807, 2.05) is 24.3 Å². The first-order chi connectivity index (χ1) is 15.1. The normalized spacial score (nSPS) is 16.8. The fraction of sp³-hybridized carbons (Fsp3) is 0.423. The Morgan fingerprint density at radius 1 is 1.06 bits per heavy atom. The van der Waals surface area contributed by atoms with Crippen molar-refractivity contribution in [3.8, 4) is 0 Å². The maximum absolute atomic E-state index is 11.7. The number of carbonyl (C=O) groups excluding carboxylic acids is 1. The van der Waals surface area contributed by atoms with Crippen LogP contribution in [0.5, 0.6) is 0 Å². The number of carbonyl (C=O) groups is 1. The van der Waals surface area contributed by atoms with Crippen molar-refractivity contribution in [1.29, 1.82) is 0 Å². The van der Waals surface area contributed by atoms with Crippen LogP contribution in [0.1, 0.15) is 40.0 Å². The SMILES string of the molecule is COCC1CCCN1CCn1c(C)c(Cc2ccc(C(=O)OC)cc2)c2ccccc21. The molecule has 1 aliphatic heterocycles. The molecule has 1 fully saturated rings. The Balaban J connectivity index is 1.57. The Morgan fingerprint density at radius 2 is 1.84 bits per heavy atom. The molecule has 4 rings (SSSR count). The van der Waals surface area contributed by atoms with Crippen LogP contribution in [0.3, 0.4) is 0 Å². The van der Waals surface area contributed by atoms with Crippen LogP contribution in [0.15, 0.2) is 48.5 Å². The van der Waals surface area contributed by atoms with E-state index in [1.165, 1.54) is 47.7 Å². The van der Waals surface area contributed by atoms with Gasteiger partial charge in [0.2, 0.25) is 0 Å². The number of ether oxygens (including phenoxy) is 2. The predicted molar refractivity (Wildman–Crippen MR) is 124 cm³/mol. The minimum Gasteiger partial charge on any atom is -0.465 e. The third-order valence-corrected chi connectivity index (χ3v) is 6.59. The third kappa shape index (κ3) is 4.53. The van der Waals surface area contributed by atoms with Gasteiger partial charge in [-0.05, 0) is 62.1 Å². The molecule has 1 aliphatic rings. The number of likely N-dealkylation sites (tertiary alicyclic amines) is 1. The Kier molecular flexibility index (Phi) is 6.73. The van der Waals surface area contributed by atoms with Gasteiger partial charge in [-0.15, -0.1) is 0 Å². The number of nitrogens with zero attached hydrogens (tertiary/aromatic N) is 2. The molecule has 5 nitrogen and oxygen atoms in total. The molecule has 0 radical (unpaired) electrons. The number of para-hydroxylation sites is 1. The molecule has 1 saturated heterocycles. The molecule has 5 heteroatoms. The first-order valence-corrected chi connectivity index (χ1v) is 11.1. The quantitative estimate of drug-likeness (QED) is 0.506. The van der Waals surface area contributed by atoms with Crippen molar-refractivity contribution in [3.05, 3.63) is 70.9 Å². The van der Waals surface area contributed by atoms with E-state index in [4.69, 9.17) is 9.47 Å². The molecule has 164 valence electrons. The van der Waals surface area contributed by atoms with E-state index in [-0.39, 0.29) is 5.97 Å². The van der Waals surface area contributed by atoms with Crippen molar-refractivity contribution in [3.63, 3.8) is 0 Å². The van der Waals surface area contributed by atoms with Gasteiger partial charge >= 0.3 is 5.97 Å². The van der Waals surface area contributed by atoms with Gasteiger partial charge in [-0.3, -0.25) is 4.90 Å². The average Bonchev–Trinajstić information content (AvgIpc) is 3.35. The van der Waals surface area contributed by atoms with Gasteiger partial charge in [0, 0.05) is 42.8 Å². The Hall–Kier alpha value is -2.63. The molecule has 31 heavy (non-hydrogen) atoms. The summed E-state index contributed by atoms with van der Waals surface area (Å²) in [4.78, 5) is 14.3. The van der Waals surface area contributed by atoms with Crippen LogP contribution < -0.4 is 0 Å². The van der Waals surface area contributed by atoms with Crippen LogP contribution in [-0.2, 0) is 22.4 Å². The first-order valence-electron chi connectivity index (χ1n) is 11.1. The van der Waals surface area contributed by atoms with Gasteiger partial charge in [-0.2, -0.15) is 0 Å². The molecule has 0 aliphatic carbocycles. The largest absolute Gasteiger partial charge is 0.465 e. The van der Waals surface area contributed by atoms with E-state index >= 15 is 0 Å². The summed E-state index contributed by atoms with van der Waals surface area (Å²) < 4.78 is 12.7. The average molecular weight is 421 g/mol. The lowest BCUT2D eigenvalue weighted by Gasteiger charge is -2.24. The van der Waals surface area contributed by atoms with Crippen molar-refractivity contribution in [2.75, 3.05) is 33.9 Å². The maximum atomic E-state index is 11.7. The van der Waals surface area contributed by atoms with Crippen LogP contribution in [0, 0.1) is 6.92 Å². The number of hydrogen-bond acceptors (Lipinski definition) is 4. The number of benzene rings is 2. The second-order valence-corrected chi connectivity index (χ2v) is 8.39. The Labute approximate surface area is 184 Å². The molecule has 0 amide bonds. The van der Waals surface area contributed by atoms with Gasteiger partial charge in [0.15, 0.2) is 0 Å². The van der Waals surface area contributed by atoms with Gasteiger partial charge in [0.25, 0.3) is 0 Å². The Morgan fingerprint density at radius 3 is 2.58 bits per heavy atom. The minimum absolute atomic E-state index is 0.298. The number of methoxy groups -OCH3 is 2. The van der Waals surface area contributed by atoms with E-state index in [0.29, 0.717) is 11.6 Å². The predicted octanol–water partition coefficient (Wildman–Crippen LogP) is 4.44. The minimum atomic E-state index is -0.298. The highest BCUT2D eigenvalue weighted by molar-refractivity contribution is 5.89. The molecule has 2 heterocycles. The number of aromatic nitrogens is 1. The monoisotopic (exact) mass is 420 g/mol. The van der Waals surface area contributed by atoms with Crippen molar-refractivity contribution in [1.82, 2.24) is 9.47 Å². The van der Waals surface area contributed by atoms with Gasteiger partial charge in [0.1, 0.15) is 0 Å². The summed E-state index contributed by atoms with van der Waals surface area (Å²) in [5, 5.41) is 1.31. The fourth-order valence-corrected chi connectivity index (χ4v) is 4.89. The van der Waals surface area contributed by atoms with E-state index < -0.39 is 0 Å². The van der Waals surface area contributed by atoms with Crippen molar-refractivity contribution < 1.29 is 14.3 Å². The van der Waals surface area contributed by atoms with Crippen LogP contribution >= 0.6 is 0 Å². The molecule has 3 aromatic rings. The highest BCUT2D eigenvalue weighted by atomic mass is 16.5. The topological polar surface area (TPSA) is 43.7 Å². The molecule has 0 N–H and O–H groups in total. The highest BCUT2D eigenvalue weighted by Gasteiger charge is 2.24. The molecule has 0 spiro atoms. The van der Waals surface area contributed by atoms with Gasteiger partial charge in [0.05, 0.1) is 19.3 Å². The summed E-state index contributed by atoms with van der Waals surface area (Å²) in [5.74, 6) is -0.298. The van der Waals surface area contributed by atoms with E-state index in [0.717, 1.165) is 32.7 Å². The van der Waals surface area contributed by atoms with E-state index in [1.54, 1.807) is 7.11 Å². The highest BCUT2D eigenvalue weighted by Crippen LogP contribution is 2.29. The molecule has 1 atom stereocenters. The number of esters is 1. The van der Waals surface area contributed by atoms with Crippen LogP contribution in [-0.4, -0.2) is 55.4 Å². The van der Waals surface area contributed by atoms with Crippen LogP contribution in [0.25, 0.3) is 10.9 Å². The van der Waals surface area contributed by atoms with Crippen molar-refractivity contribution in [2.45, 2.75) is 38.8 Å². The zero-order chi connectivity index (χ0) is 21.8. The smallest absolute Gasteiger partial charge is 0.337 e. The molecule has 0 bridgehead atoms. The summed E-state index contributed by atoms with van der Waals surface area (Å²) >= 11 is 0. The zero-order valence-electron chi connectivity index (χ0n) is 18.8. The van der Waals surface area contributed by atoms with Crippen LogP contribution in [0.4, 0.5) is 0 Å². The standard InChI is InChI=1S/C26H32N2O3/c1-19-24(17-20-10-12-21(13-11-20)26(29)31-3)23-8-4-5-9-25(23)28(19)16-15-27-14-6-7-22(27)18-30-2/h4-5,8-13,22H,6-7,14-18H2,1-3H3. The molecule has 1 unspecified atom stereocenters. The van der Waals surface area contributed by atoms with Crippen molar-refractivity contribution in [2.24, 2.45) is 0 Å². The van der Waals surface area contributed by atoms with Gasteiger partial charge in [-0.25, -0.2) is 4.79 Å². The summed E-state index contributed by atoms with van der Waals surface area (Å²) in [7, 11) is 3.21. The number of rotatable bonds is 8. The summed E-state index contributed by atoms with van der Waals surface area (Å²) in [6.07, 6.45) is 3.33. The molecular formula is C26H32N2O3. The maximum Gasteiger partial charge on any atom is 0.337 e. The van der Waals surface area contributed by atoms with Gasteiger partial charge < -0.3 is 14.0 Å². The van der Waals surface area contributed by atoms with E-state index in [9.17, 15) is 4.79 Å². The second-order valence-electron chi connectivity index (χ2n) is 8.39. The summed E-state index contributed by atoms with van der Waals surface area (Å²) in [5.41, 5.74) is 5.75. The lowest BCUT2D eigenvalue weighted by atomic mass is 10.0. The Bertz CT molecular complexity index is 1040. The van der Waals surface area contributed by atoms with Crippen molar-refractivity contribution >= 4 is 16.9 Å². The number of fused-ring (bicyclic) bond motifs is 1. The third-order valence-electron chi connectivity index (χ3n) is 6.59. The fourth-order valence-electron chi connectivity index (χ4n) is 4.89. The molecule has 1 aromatic heterocycles.